The summed E-state index contributed by atoms with van der Waals surface area (Å²) in [7, 11) is 3.46. The summed E-state index contributed by atoms with van der Waals surface area (Å²) >= 11 is 0. The van der Waals surface area contributed by atoms with Gasteiger partial charge in [0.2, 0.25) is 0 Å². The topological polar surface area (TPSA) is 83.3 Å². The zero-order valence-corrected chi connectivity index (χ0v) is 8.11. The molecule has 0 saturated heterocycles. The molecule has 14 heavy (non-hydrogen) atoms. The second-order valence-corrected chi connectivity index (χ2v) is 2.91. The van der Waals surface area contributed by atoms with Crippen molar-refractivity contribution in [3.8, 4) is 0 Å². The molecule has 0 unspecified atom stereocenters. The van der Waals surface area contributed by atoms with Gasteiger partial charge in [0.1, 0.15) is 5.69 Å². The smallest absolute Gasteiger partial charge is 0.284 e. The number of nitrogen functional groups attached to an aromatic ring is 1. The molecule has 4 N–H and O–H groups in total. The van der Waals surface area contributed by atoms with E-state index in [4.69, 9.17) is 5.84 Å². The van der Waals surface area contributed by atoms with Crippen LogP contribution in [0.1, 0.15) is 10.5 Å². The number of nitrogens with one attached hydrogen (secondary N) is 2. The van der Waals surface area contributed by atoms with Gasteiger partial charge in [0.25, 0.3) is 5.91 Å². The van der Waals surface area contributed by atoms with Crippen LogP contribution < -0.4 is 16.7 Å². The van der Waals surface area contributed by atoms with E-state index in [1.807, 2.05) is 0 Å². The molecule has 1 amide bonds. The molecule has 0 atom stereocenters. The highest BCUT2D eigenvalue weighted by atomic mass is 16.2. The van der Waals surface area contributed by atoms with Gasteiger partial charge in [-0.3, -0.25) is 16.1 Å². The van der Waals surface area contributed by atoms with Gasteiger partial charge in [0, 0.05) is 14.1 Å². The number of nitrogens with zero attached hydrogens (tertiary/aromatic N) is 2. The van der Waals surface area contributed by atoms with Crippen molar-refractivity contribution in [3.63, 3.8) is 0 Å². The lowest BCUT2D eigenvalue weighted by Crippen LogP contribution is -2.36. The minimum absolute atomic E-state index is 0.251. The Morgan fingerprint density at radius 1 is 1.50 bits per heavy atom. The van der Waals surface area contributed by atoms with Crippen LogP contribution >= 0.6 is 0 Å². The standard InChI is InChI=1S/C8H13N5O/c1-13(2)12-8(14)7-4-3-6(11-9)5-10-7/h3-5,11H,9H2,1-2H3,(H,12,14). The first-order valence-corrected chi connectivity index (χ1v) is 4.04. The van der Waals surface area contributed by atoms with Crippen LogP contribution in [0.4, 0.5) is 5.69 Å². The predicted octanol–water partition coefficient (Wildman–Crippen LogP) is -0.426. The molecular formula is C8H13N5O. The van der Waals surface area contributed by atoms with Gasteiger partial charge in [-0.15, -0.1) is 0 Å². The lowest BCUT2D eigenvalue weighted by molar-refractivity contribution is 0.0851. The number of anilines is 1. The van der Waals surface area contributed by atoms with Gasteiger partial charge in [0.05, 0.1) is 11.9 Å². The highest BCUT2D eigenvalue weighted by Gasteiger charge is 2.06. The second-order valence-electron chi connectivity index (χ2n) is 2.91. The van der Waals surface area contributed by atoms with Crippen molar-refractivity contribution in [2.45, 2.75) is 0 Å². The van der Waals surface area contributed by atoms with Gasteiger partial charge in [-0.1, -0.05) is 0 Å². The van der Waals surface area contributed by atoms with Gasteiger partial charge >= 0.3 is 0 Å². The van der Waals surface area contributed by atoms with Gasteiger partial charge in [-0.05, 0) is 12.1 Å². The number of carbonyl (C=O) groups is 1. The van der Waals surface area contributed by atoms with E-state index in [9.17, 15) is 4.79 Å². The molecule has 0 aliphatic rings. The van der Waals surface area contributed by atoms with Crippen LogP contribution in [0, 0.1) is 0 Å². The number of hydrogen-bond donors (Lipinski definition) is 3. The van der Waals surface area contributed by atoms with E-state index in [1.165, 1.54) is 6.20 Å². The summed E-state index contributed by atoms with van der Waals surface area (Å²) in [6.07, 6.45) is 1.49. The summed E-state index contributed by atoms with van der Waals surface area (Å²) in [5.41, 5.74) is 6.01. The van der Waals surface area contributed by atoms with Crippen LogP contribution in [0.25, 0.3) is 0 Å². The highest BCUT2D eigenvalue weighted by molar-refractivity contribution is 5.92. The normalized spacial score (nSPS) is 10.0. The molecule has 0 saturated carbocycles. The fourth-order valence-electron chi connectivity index (χ4n) is 0.874. The van der Waals surface area contributed by atoms with Crippen LogP contribution in [0.2, 0.25) is 0 Å². The summed E-state index contributed by atoms with van der Waals surface area (Å²) in [6.45, 7) is 0. The first-order valence-electron chi connectivity index (χ1n) is 4.04. The predicted molar refractivity (Wildman–Crippen MR) is 53.2 cm³/mol. The Morgan fingerprint density at radius 2 is 2.21 bits per heavy atom. The fourth-order valence-corrected chi connectivity index (χ4v) is 0.874. The van der Waals surface area contributed by atoms with Crippen molar-refractivity contribution < 1.29 is 4.79 Å². The maximum atomic E-state index is 11.4. The molecule has 1 rings (SSSR count). The summed E-state index contributed by atoms with van der Waals surface area (Å²) < 4.78 is 0. The first kappa shape index (κ1) is 10.4. The van der Waals surface area contributed by atoms with Crippen molar-refractivity contribution in [2.75, 3.05) is 19.5 Å². The molecule has 0 aromatic carbocycles. The minimum Gasteiger partial charge on any atom is -0.323 e. The second kappa shape index (κ2) is 4.54. The minimum atomic E-state index is -0.251. The van der Waals surface area contributed by atoms with E-state index >= 15 is 0 Å². The first-order chi connectivity index (χ1) is 6.63. The Labute approximate surface area is 82.0 Å². The molecule has 6 heteroatoms. The van der Waals surface area contributed by atoms with Crippen LogP contribution in [0.5, 0.6) is 0 Å². The Balaban J connectivity index is 2.71. The average Bonchev–Trinajstić information content (AvgIpc) is 2.17. The Kier molecular flexibility index (Phi) is 3.38. The molecule has 1 heterocycles. The van der Waals surface area contributed by atoms with Crippen LogP contribution in [-0.2, 0) is 0 Å². The molecule has 0 aliphatic heterocycles. The van der Waals surface area contributed by atoms with E-state index in [0.717, 1.165) is 0 Å². The summed E-state index contributed by atoms with van der Waals surface area (Å²) in [4.78, 5) is 15.3. The number of hydrazine groups is 2. The van der Waals surface area contributed by atoms with Gasteiger partial charge in [-0.2, -0.15) is 0 Å². The third-order valence-corrected chi connectivity index (χ3v) is 1.49. The molecule has 0 fully saturated rings. The fraction of sp³-hybridized carbons (Fsp3) is 0.250. The van der Waals surface area contributed by atoms with E-state index < -0.39 is 0 Å². The highest BCUT2D eigenvalue weighted by Crippen LogP contribution is 2.03. The maximum absolute atomic E-state index is 11.4. The van der Waals surface area contributed by atoms with Gasteiger partial charge < -0.3 is 5.43 Å². The Morgan fingerprint density at radius 3 is 2.64 bits per heavy atom. The van der Waals surface area contributed by atoms with E-state index in [-0.39, 0.29) is 5.91 Å². The quantitative estimate of drug-likeness (QED) is 0.450. The van der Waals surface area contributed by atoms with Crippen molar-refractivity contribution in [1.82, 2.24) is 15.4 Å². The Bertz CT molecular complexity index is 308. The largest absolute Gasteiger partial charge is 0.323 e. The molecule has 0 spiro atoms. The molecule has 76 valence electrons. The molecule has 1 aromatic heterocycles. The molecule has 0 bridgehead atoms. The summed E-state index contributed by atoms with van der Waals surface area (Å²) in [6, 6.07) is 3.27. The molecule has 0 aliphatic carbocycles. The van der Waals surface area contributed by atoms with Crippen molar-refractivity contribution in [2.24, 2.45) is 5.84 Å². The van der Waals surface area contributed by atoms with Crippen molar-refractivity contribution >= 4 is 11.6 Å². The number of amides is 1. The monoisotopic (exact) mass is 195 g/mol. The zero-order chi connectivity index (χ0) is 10.6. The number of carbonyl (C=O) groups excluding carboxylic acids is 1. The third kappa shape index (κ3) is 2.68. The van der Waals surface area contributed by atoms with E-state index in [2.05, 4.69) is 15.8 Å². The number of hydrogen-bond acceptors (Lipinski definition) is 5. The number of pyridine rings is 1. The van der Waals surface area contributed by atoms with Crippen molar-refractivity contribution in [1.29, 1.82) is 0 Å². The van der Waals surface area contributed by atoms with Crippen LogP contribution in [-0.4, -0.2) is 30.0 Å². The molecule has 0 radical (unpaired) electrons. The lowest BCUT2D eigenvalue weighted by Gasteiger charge is -2.11. The summed E-state index contributed by atoms with van der Waals surface area (Å²) in [5.74, 6) is 4.91. The van der Waals surface area contributed by atoms with Crippen LogP contribution in [0.3, 0.4) is 0 Å². The van der Waals surface area contributed by atoms with Crippen LogP contribution in [0.15, 0.2) is 18.3 Å². The molecular weight excluding hydrogens is 182 g/mol. The van der Waals surface area contributed by atoms with E-state index in [0.29, 0.717) is 11.4 Å². The number of aromatic nitrogens is 1. The molecule has 6 nitrogen and oxygen atoms in total. The van der Waals surface area contributed by atoms with E-state index in [1.54, 1.807) is 31.2 Å². The number of rotatable bonds is 3. The summed E-state index contributed by atoms with van der Waals surface area (Å²) in [5, 5.41) is 1.55. The van der Waals surface area contributed by atoms with Gasteiger partial charge in [-0.25, -0.2) is 9.99 Å². The number of nitrogens with two attached hydrogens (primary N) is 1. The van der Waals surface area contributed by atoms with Crippen molar-refractivity contribution in [3.05, 3.63) is 24.0 Å². The van der Waals surface area contributed by atoms with Gasteiger partial charge in [0.15, 0.2) is 0 Å². The molecule has 1 aromatic rings. The SMILES string of the molecule is CN(C)NC(=O)c1ccc(NN)cn1. The lowest BCUT2D eigenvalue weighted by atomic mass is 10.3. The average molecular weight is 195 g/mol. The zero-order valence-electron chi connectivity index (χ0n) is 8.11. The maximum Gasteiger partial charge on any atom is 0.284 e. The Hall–Kier alpha value is -1.66. The third-order valence-electron chi connectivity index (χ3n) is 1.49.